The lowest BCUT2D eigenvalue weighted by Gasteiger charge is -2.33. The molecule has 1 saturated heterocycles. The molecule has 1 heterocycles. The molecule has 0 aliphatic carbocycles. The zero-order valence-corrected chi connectivity index (χ0v) is 16.7. The van der Waals surface area contributed by atoms with E-state index in [4.69, 9.17) is 23.2 Å². The predicted octanol–water partition coefficient (Wildman–Crippen LogP) is 5.22. The summed E-state index contributed by atoms with van der Waals surface area (Å²) in [5, 5.41) is 4.36. The van der Waals surface area contributed by atoms with E-state index in [0.29, 0.717) is 23.1 Å². The third-order valence-electron chi connectivity index (χ3n) is 5.05. The first-order valence-electron chi connectivity index (χ1n) is 9.15. The normalized spacial score (nSPS) is 18.9. The molecular weight excluding hydrogens is 386 g/mol. The summed E-state index contributed by atoms with van der Waals surface area (Å²) in [6.45, 7) is 4.13. The highest BCUT2D eigenvalue weighted by Crippen LogP contribution is 2.28. The average molecular weight is 409 g/mol. The van der Waals surface area contributed by atoms with Gasteiger partial charge in [0.05, 0.1) is 12.0 Å². The lowest BCUT2D eigenvalue weighted by atomic mass is 9.96. The quantitative estimate of drug-likeness (QED) is 0.734. The summed E-state index contributed by atoms with van der Waals surface area (Å²) in [5.74, 6) is -0.330. The van der Waals surface area contributed by atoms with Crippen molar-refractivity contribution in [3.63, 3.8) is 0 Å². The number of hydrogen-bond acceptors (Lipinski definition) is 2. The average Bonchev–Trinajstić information content (AvgIpc) is 2.65. The number of likely N-dealkylation sites (tertiary alicyclic amines) is 1. The van der Waals surface area contributed by atoms with E-state index < -0.39 is 0 Å². The molecule has 0 radical (unpaired) electrons. The van der Waals surface area contributed by atoms with E-state index in [9.17, 15) is 9.18 Å². The highest BCUT2D eigenvalue weighted by atomic mass is 35.5. The summed E-state index contributed by atoms with van der Waals surface area (Å²) in [5.41, 5.74) is 1.79. The fraction of sp³-hybridized carbons (Fsp3) is 0.381. The number of hydrogen-bond donors (Lipinski definition) is 1. The van der Waals surface area contributed by atoms with Gasteiger partial charge in [-0.3, -0.25) is 9.69 Å². The van der Waals surface area contributed by atoms with Crippen LogP contribution in [0, 0.1) is 11.7 Å². The van der Waals surface area contributed by atoms with Gasteiger partial charge in [-0.2, -0.15) is 0 Å². The number of rotatable bonds is 5. The molecule has 0 spiro atoms. The van der Waals surface area contributed by atoms with Crippen LogP contribution >= 0.6 is 23.2 Å². The molecule has 6 heteroatoms. The van der Waals surface area contributed by atoms with Crippen molar-refractivity contribution in [2.24, 2.45) is 5.92 Å². The largest absolute Gasteiger partial charge is 0.349 e. The van der Waals surface area contributed by atoms with E-state index in [-0.39, 0.29) is 23.7 Å². The van der Waals surface area contributed by atoms with Crippen molar-refractivity contribution in [1.29, 1.82) is 0 Å². The number of halogens is 3. The van der Waals surface area contributed by atoms with Crippen molar-refractivity contribution in [1.82, 2.24) is 10.2 Å². The van der Waals surface area contributed by atoms with Crippen LogP contribution < -0.4 is 5.32 Å². The van der Waals surface area contributed by atoms with E-state index in [0.717, 1.165) is 30.5 Å². The summed E-state index contributed by atoms with van der Waals surface area (Å²) in [7, 11) is 0. The summed E-state index contributed by atoms with van der Waals surface area (Å²) in [6.07, 6.45) is 1.81. The van der Waals surface area contributed by atoms with Gasteiger partial charge in [-0.05, 0) is 56.1 Å². The van der Waals surface area contributed by atoms with Crippen molar-refractivity contribution in [2.45, 2.75) is 32.4 Å². The molecule has 2 aromatic rings. The Labute approximate surface area is 169 Å². The molecule has 1 amide bonds. The van der Waals surface area contributed by atoms with Crippen LogP contribution in [0.15, 0.2) is 42.5 Å². The van der Waals surface area contributed by atoms with Crippen LogP contribution in [0.5, 0.6) is 0 Å². The minimum Gasteiger partial charge on any atom is -0.349 e. The molecule has 1 N–H and O–H groups in total. The van der Waals surface area contributed by atoms with Crippen LogP contribution in [0.2, 0.25) is 10.0 Å². The topological polar surface area (TPSA) is 32.3 Å². The van der Waals surface area contributed by atoms with Crippen LogP contribution in [0.4, 0.5) is 4.39 Å². The summed E-state index contributed by atoms with van der Waals surface area (Å²) in [4.78, 5) is 14.9. The van der Waals surface area contributed by atoms with Gasteiger partial charge in [0.2, 0.25) is 5.91 Å². The Balaban J connectivity index is 1.60. The summed E-state index contributed by atoms with van der Waals surface area (Å²) < 4.78 is 13.1. The van der Waals surface area contributed by atoms with E-state index in [2.05, 4.69) is 10.2 Å². The second kappa shape index (κ2) is 9.05. The molecule has 2 atom stereocenters. The van der Waals surface area contributed by atoms with Gasteiger partial charge in [0.1, 0.15) is 5.82 Å². The molecule has 1 fully saturated rings. The summed E-state index contributed by atoms with van der Waals surface area (Å²) in [6, 6.07) is 11.6. The lowest BCUT2D eigenvalue weighted by Crippen LogP contribution is -2.43. The van der Waals surface area contributed by atoms with Crippen LogP contribution in [-0.4, -0.2) is 23.9 Å². The fourth-order valence-corrected chi connectivity index (χ4v) is 4.00. The van der Waals surface area contributed by atoms with Gasteiger partial charge in [0.15, 0.2) is 0 Å². The molecule has 0 bridgehead atoms. The van der Waals surface area contributed by atoms with Crippen molar-refractivity contribution >= 4 is 29.1 Å². The third-order valence-corrected chi connectivity index (χ3v) is 5.76. The molecule has 2 unspecified atom stereocenters. The SMILES string of the molecule is CC(NC(=O)C1CCCN(Cc2c(Cl)cccc2Cl)C1)c1ccc(F)cc1. The first-order chi connectivity index (χ1) is 12.9. The Morgan fingerprint density at radius 1 is 1.22 bits per heavy atom. The van der Waals surface area contributed by atoms with Crippen LogP contribution in [0.25, 0.3) is 0 Å². The molecule has 3 nitrogen and oxygen atoms in total. The minimum absolute atomic E-state index is 0.0294. The Hall–Kier alpha value is -1.62. The van der Waals surface area contributed by atoms with Crippen LogP contribution in [0.1, 0.15) is 36.9 Å². The second-order valence-electron chi connectivity index (χ2n) is 7.06. The maximum atomic E-state index is 13.1. The number of piperidine rings is 1. The zero-order valence-electron chi connectivity index (χ0n) is 15.2. The molecular formula is C21H23Cl2FN2O. The highest BCUT2D eigenvalue weighted by molar-refractivity contribution is 6.35. The number of carbonyl (C=O) groups excluding carboxylic acids is 1. The Kier molecular flexibility index (Phi) is 6.74. The van der Waals surface area contributed by atoms with Gasteiger partial charge in [-0.25, -0.2) is 4.39 Å². The van der Waals surface area contributed by atoms with E-state index >= 15 is 0 Å². The number of nitrogens with zero attached hydrogens (tertiary/aromatic N) is 1. The highest BCUT2D eigenvalue weighted by Gasteiger charge is 2.27. The smallest absolute Gasteiger partial charge is 0.224 e. The van der Waals surface area contributed by atoms with Crippen LogP contribution in [0.3, 0.4) is 0 Å². The maximum Gasteiger partial charge on any atom is 0.224 e. The zero-order chi connectivity index (χ0) is 19.4. The molecule has 2 aromatic carbocycles. The number of nitrogens with one attached hydrogen (secondary N) is 1. The van der Waals surface area contributed by atoms with Gasteiger partial charge >= 0.3 is 0 Å². The van der Waals surface area contributed by atoms with Crippen molar-refractivity contribution in [3.05, 3.63) is 69.5 Å². The van der Waals surface area contributed by atoms with Gasteiger partial charge in [-0.15, -0.1) is 0 Å². The molecule has 0 aromatic heterocycles. The molecule has 1 aliphatic heterocycles. The third kappa shape index (κ3) is 5.22. The van der Waals surface area contributed by atoms with Gasteiger partial charge in [0.25, 0.3) is 0 Å². The molecule has 27 heavy (non-hydrogen) atoms. The Bertz CT molecular complexity index is 777. The van der Waals surface area contributed by atoms with E-state index in [1.54, 1.807) is 12.1 Å². The second-order valence-corrected chi connectivity index (χ2v) is 7.87. The van der Waals surface area contributed by atoms with Crippen molar-refractivity contribution in [3.8, 4) is 0 Å². The van der Waals surface area contributed by atoms with E-state index in [1.807, 2.05) is 25.1 Å². The van der Waals surface area contributed by atoms with Crippen molar-refractivity contribution < 1.29 is 9.18 Å². The predicted molar refractivity (Wildman–Crippen MR) is 107 cm³/mol. The standard InChI is InChI=1S/C21H23Cl2FN2O/c1-14(15-7-9-17(24)10-8-15)25-21(27)16-4-3-11-26(12-16)13-18-19(22)5-2-6-20(18)23/h2,5-10,14,16H,3-4,11-13H2,1H3,(H,25,27). The lowest BCUT2D eigenvalue weighted by molar-refractivity contribution is -0.127. The van der Waals surface area contributed by atoms with Crippen LogP contribution in [-0.2, 0) is 11.3 Å². The van der Waals surface area contributed by atoms with Gasteiger partial charge in [0, 0.05) is 28.7 Å². The first-order valence-corrected chi connectivity index (χ1v) is 9.90. The molecule has 1 aliphatic rings. The fourth-order valence-electron chi connectivity index (χ4n) is 3.49. The van der Waals surface area contributed by atoms with E-state index in [1.165, 1.54) is 12.1 Å². The number of carbonyl (C=O) groups is 1. The number of amides is 1. The summed E-state index contributed by atoms with van der Waals surface area (Å²) >= 11 is 12.6. The van der Waals surface area contributed by atoms with Crippen molar-refractivity contribution in [2.75, 3.05) is 13.1 Å². The molecule has 3 rings (SSSR count). The minimum atomic E-state index is -0.279. The maximum absolute atomic E-state index is 13.1. The number of benzene rings is 2. The molecule has 144 valence electrons. The molecule has 0 saturated carbocycles. The van der Waals surface area contributed by atoms with Gasteiger partial charge < -0.3 is 5.32 Å². The Morgan fingerprint density at radius 3 is 2.56 bits per heavy atom. The monoisotopic (exact) mass is 408 g/mol. The van der Waals surface area contributed by atoms with Gasteiger partial charge in [-0.1, -0.05) is 41.4 Å². The first kappa shape index (κ1) is 20.1. The Morgan fingerprint density at radius 2 is 1.89 bits per heavy atom.